The summed E-state index contributed by atoms with van der Waals surface area (Å²) in [5.41, 5.74) is 6.73. The number of carbonyl (C=O) groups is 1. The third-order valence-electron chi connectivity index (χ3n) is 4.92. The van der Waals surface area contributed by atoms with Gasteiger partial charge in [-0.2, -0.15) is 10.5 Å². The summed E-state index contributed by atoms with van der Waals surface area (Å²) in [5, 5.41) is 22.6. The number of nitrogens with two attached hydrogens (primary N) is 1. The number of aliphatic imine (C=N–C) groups is 1. The molecule has 3 rings (SSSR count). The van der Waals surface area contributed by atoms with Crippen LogP contribution >= 0.6 is 11.8 Å². The van der Waals surface area contributed by atoms with Gasteiger partial charge in [0.05, 0.1) is 23.5 Å². The third kappa shape index (κ3) is 3.31. The van der Waals surface area contributed by atoms with Crippen LogP contribution in [0.4, 0.5) is 5.69 Å². The molecule has 1 aliphatic heterocycles. The molecule has 0 saturated heterocycles. The number of para-hydroxylation sites is 1. The first-order valence-electron chi connectivity index (χ1n) is 8.47. The minimum absolute atomic E-state index is 0.124. The molecule has 1 unspecified atom stereocenters. The lowest BCUT2D eigenvalue weighted by Gasteiger charge is -2.36. The Balaban J connectivity index is 1.79. The number of hydrogen-bond acceptors (Lipinski definition) is 6. The van der Waals surface area contributed by atoms with E-state index in [1.165, 1.54) is 11.8 Å². The highest BCUT2D eigenvalue weighted by Crippen LogP contribution is 2.53. The van der Waals surface area contributed by atoms with Crippen LogP contribution in [0.2, 0.25) is 0 Å². The van der Waals surface area contributed by atoms with E-state index >= 15 is 0 Å². The summed E-state index contributed by atoms with van der Waals surface area (Å²) >= 11 is 1.20. The monoisotopic (exact) mass is 365 g/mol. The van der Waals surface area contributed by atoms with E-state index in [2.05, 4.69) is 22.4 Å². The van der Waals surface area contributed by atoms with Gasteiger partial charge in [-0.15, -0.1) is 0 Å². The van der Waals surface area contributed by atoms with Crippen LogP contribution in [0.25, 0.3) is 0 Å². The van der Waals surface area contributed by atoms with Crippen LogP contribution in [0.1, 0.15) is 25.7 Å². The van der Waals surface area contributed by atoms with Crippen LogP contribution in [0.3, 0.4) is 0 Å². The molecule has 3 N–H and O–H groups in total. The Morgan fingerprint density at radius 3 is 2.62 bits per heavy atom. The van der Waals surface area contributed by atoms with Gasteiger partial charge in [-0.05, 0) is 25.0 Å². The van der Waals surface area contributed by atoms with Crippen LogP contribution in [0, 0.1) is 34.0 Å². The van der Waals surface area contributed by atoms with Gasteiger partial charge in [0.2, 0.25) is 5.91 Å². The molecule has 0 aromatic heterocycles. The molecule has 2 aliphatic rings. The molecule has 7 heteroatoms. The highest BCUT2D eigenvalue weighted by molar-refractivity contribution is 8.03. The quantitative estimate of drug-likeness (QED) is 0.850. The van der Waals surface area contributed by atoms with Gasteiger partial charge in [0, 0.05) is 11.1 Å². The lowest BCUT2D eigenvalue weighted by Crippen LogP contribution is -2.41. The van der Waals surface area contributed by atoms with Crippen LogP contribution in [-0.4, -0.2) is 17.5 Å². The van der Waals surface area contributed by atoms with Crippen molar-refractivity contribution in [3.63, 3.8) is 0 Å². The first-order chi connectivity index (χ1) is 12.6. The van der Waals surface area contributed by atoms with Crippen molar-refractivity contribution in [2.75, 3.05) is 11.1 Å². The van der Waals surface area contributed by atoms with Crippen molar-refractivity contribution in [1.82, 2.24) is 0 Å². The van der Waals surface area contributed by atoms with Crippen LogP contribution < -0.4 is 11.1 Å². The molecular formula is C19H19N5OS. The zero-order chi connectivity index (χ0) is 18.6. The number of benzene rings is 1. The lowest BCUT2D eigenvalue weighted by atomic mass is 9.68. The second-order valence-corrected chi connectivity index (χ2v) is 7.42. The molecule has 1 amide bonds. The van der Waals surface area contributed by atoms with E-state index in [1.54, 1.807) is 0 Å². The molecule has 1 aromatic carbocycles. The summed E-state index contributed by atoms with van der Waals surface area (Å²) in [5.74, 6) is -0.372. The van der Waals surface area contributed by atoms with Crippen molar-refractivity contribution in [2.24, 2.45) is 22.1 Å². The topological polar surface area (TPSA) is 115 Å². The van der Waals surface area contributed by atoms with Gasteiger partial charge in [-0.1, -0.05) is 42.8 Å². The zero-order valence-electron chi connectivity index (χ0n) is 14.2. The molecule has 0 radical (unpaired) electrons. The SMILES string of the molecule is N#CC1=C(SCC(=O)Nc2ccccc2)N=C(N)C(C#N)C12CCCC2. The molecule has 1 saturated carbocycles. The summed E-state index contributed by atoms with van der Waals surface area (Å²) in [7, 11) is 0. The summed E-state index contributed by atoms with van der Waals surface area (Å²) in [6.45, 7) is 0. The number of carbonyl (C=O) groups excluding carboxylic acids is 1. The Hall–Kier alpha value is -2.77. The Bertz CT molecular complexity index is 841. The van der Waals surface area contributed by atoms with E-state index in [9.17, 15) is 15.3 Å². The number of hydrogen-bond donors (Lipinski definition) is 2. The first kappa shape index (κ1) is 18.0. The number of nitrogens with one attached hydrogen (secondary N) is 1. The first-order valence-corrected chi connectivity index (χ1v) is 9.45. The standard InChI is InChI=1S/C19H19N5OS/c20-10-14-17(22)24-18(15(11-21)19(14)8-4-5-9-19)26-12-16(25)23-13-6-2-1-3-7-13/h1-3,6-7,14H,4-5,8-9,12H2,(H2,22,24)(H,23,25). The molecule has 1 aliphatic carbocycles. The fourth-order valence-corrected chi connectivity index (χ4v) is 4.63. The molecule has 1 fully saturated rings. The van der Waals surface area contributed by atoms with Gasteiger partial charge < -0.3 is 11.1 Å². The number of nitrogens with zero attached hydrogens (tertiary/aromatic N) is 3. The highest BCUT2D eigenvalue weighted by atomic mass is 32.2. The van der Waals surface area contributed by atoms with E-state index in [0.717, 1.165) is 31.4 Å². The minimum atomic E-state index is -0.567. The van der Waals surface area contributed by atoms with Gasteiger partial charge in [0.25, 0.3) is 0 Å². The van der Waals surface area contributed by atoms with Gasteiger partial charge in [0.15, 0.2) is 0 Å². The van der Waals surface area contributed by atoms with Gasteiger partial charge in [-0.3, -0.25) is 4.79 Å². The van der Waals surface area contributed by atoms with Crippen LogP contribution in [0.15, 0.2) is 45.9 Å². The Labute approximate surface area is 156 Å². The molecule has 1 atom stereocenters. The second kappa shape index (κ2) is 7.63. The normalized spacial score (nSPS) is 21.0. The Kier molecular flexibility index (Phi) is 5.29. The van der Waals surface area contributed by atoms with Gasteiger partial charge in [0.1, 0.15) is 16.8 Å². The van der Waals surface area contributed by atoms with Crippen molar-refractivity contribution in [1.29, 1.82) is 10.5 Å². The van der Waals surface area contributed by atoms with Crippen LogP contribution in [-0.2, 0) is 4.79 Å². The maximum Gasteiger partial charge on any atom is 0.234 e. The van der Waals surface area contributed by atoms with E-state index in [4.69, 9.17) is 5.73 Å². The molecule has 26 heavy (non-hydrogen) atoms. The predicted molar refractivity (Wildman–Crippen MR) is 102 cm³/mol. The second-order valence-electron chi connectivity index (χ2n) is 6.46. The van der Waals surface area contributed by atoms with Crippen molar-refractivity contribution in [3.05, 3.63) is 40.9 Å². The molecule has 0 bridgehead atoms. The Morgan fingerprint density at radius 1 is 1.31 bits per heavy atom. The maximum absolute atomic E-state index is 12.2. The zero-order valence-corrected chi connectivity index (χ0v) is 15.1. The maximum atomic E-state index is 12.2. The molecule has 1 heterocycles. The molecule has 6 nitrogen and oxygen atoms in total. The number of anilines is 1. The highest BCUT2D eigenvalue weighted by Gasteiger charge is 2.50. The lowest BCUT2D eigenvalue weighted by molar-refractivity contribution is -0.113. The van der Waals surface area contributed by atoms with Crippen molar-refractivity contribution < 1.29 is 4.79 Å². The average molecular weight is 365 g/mol. The predicted octanol–water partition coefficient (Wildman–Crippen LogP) is 3.16. The largest absolute Gasteiger partial charge is 0.386 e. The molecule has 1 spiro atoms. The van der Waals surface area contributed by atoms with Crippen LogP contribution in [0.5, 0.6) is 0 Å². The van der Waals surface area contributed by atoms with Crippen molar-refractivity contribution in [2.45, 2.75) is 25.7 Å². The number of nitriles is 2. The number of thioether (sulfide) groups is 1. The minimum Gasteiger partial charge on any atom is -0.386 e. The van der Waals surface area contributed by atoms with Gasteiger partial charge >= 0.3 is 0 Å². The summed E-state index contributed by atoms with van der Waals surface area (Å²) < 4.78 is 0. The Morgan fingerprint density at radius 2 is 2.00 bits per heavy atom. The van der Waals surface area contributed by atoms with E-state index in [-0.39, 0.29) is 17.5 Å². The fourth-order valence-electron chi connectivity index (χ4n) is 3.73. The molecular weight excluding hydrogens is 346 g/mol. The average Bonchev–Trinajstić information content (AvgIpc) is 3.11. The van der Waals surface area contributed by atoms with E-state index in [0.29, 0.717) is 10.6 Å². The van der Waals surface area contributed by atoms with E-state index < -0.39 is 11.3 Å². The summed E-state index contributed by atoms with van der Waals surface area (Å²) in [6.07, 6.45) is 3.43. The van der Waals surface area contributed by atoms with Crippen molar-refractivity contribution in [3.8, 4) is 12.1 Å². The number of allylic oxidation sites excluding steroid dienone is 1. The third-order valence-corrected chi connectivity index (χ3v) is 5.90. The summed E-state index contributed by atoms with van der Waals surface area (Å²) in [4.78, 5) is 16.5. The number of rotatable bonds is 4. The number of amides is 1. The van der Waals surface area contributed by atoms with Gasteiger partial charge in [-0.25, -0.2) is 4.99 Å². The summed E-state index contributed by atoms with van der Waals surface area (Å²) in [6, 6.07) is 13.7. The van der Waals surface area contributed by atoms with Crippen molar-refractivity contribution >= 4 is 29.2 Å². The van der Waals surface area contributed by atoms with E-state index in [1.807, 2.05) is 30.3 Å². The molecule has 132 valence electrons. The smallest absolute Gasteiger partial charge is 0.234 e. The number of amidine groups is 1. The molecule has 1 aromatic rings. The fraction of sp³-hybridized carbons (Fsp3) is 0.368.